The lowest BCUT2D eigenvalue weighted by atomic mass is 9.98. The molecule has 0 saturated carbocycles. The first-order valence-electron chi connectivity index (χ1n) is 11.9. The van der Waals surface area contributed by atoms with Gasteiger partial charge in [-0.25, -0.2) is 9.80 Å². The van der Waals surface area contributed by atoms with Gasteiger partial charge in [0.1, 0.15) is 0 Å². The van der Waals surface area contributed by atoms with E-state index in [2.05, 4.69) is 79.1 Å². The lowest BCUT2D eigenvalue weighted by molar-refractivity contribution is -0.139. The van der Waals surface area contributed by atoms with Crippen molar-refractivity contribution in [2.75, 3.05) is 7.11 Å². The summed E-state index contributed by atoms with van der Waals surface area (Å²) < 4.78 is 12.7. The summed E-state index contributed by atoms with van der Waals surface area (Å²) in [6, 6.07) is 17.9. The second kappa shape index (κ2) is 9.56. The first-order chi connectivity index (χ1) is 16.4. The van der Waals surface area contributed by atoms with Crippen molar-refractivity contribution in [2.45, 2.75) is 63.8 Å². The standard InChI is InChI=1S/C27H33BrN2O4Si/c1-27(2,3)35(5,6)34-25(26(32)33-4)23-16-21(19-12-14-20(28)15-13-19)29-22(17-24(31)30(23)29)18-10-8-7-9-11-18/h7-15,21-22H,16-17H2,1-6H3/b25-23+/t21-,22+/m0/s1. The molecule has 0 aromatic heterocycles. The van der Waals surface area contributed by atoms with Crippen LogP contribution in [0.3, 0.4) is 0 Å². The summed E-state index contributed by atoms with van der Waals surface area (Å²) >= 11 is 3.52. The average Bonchev–Trinajstić information content (AvgIpc) is 3.36. The molecule has 2 aliphatic rings. The molecule has 0 bridgehead atoms. The zero-order chi connectivity index (χ0) is 25.5. The molecule has 1 amide bonds. The van der Waals surface area contributed by atoms with E-state index in [1.54, 1.807) is 5.01 Å². The van der Waals surface area contributed by atoms with Crippen molar-refractivity contribution in [1.82, 2.24) is 10.0 Å². The van der Waals surface area contributed by atoms with Crippen molar-refractivity contribution in [3.05, 3.63) is 81.7 Å². The number of halogens is 1. The smallest absolute Gasteiger partial charge is 0.373 e. The maximum atomic E-state index is 13.5. The molecular weight excluding hydrogens is 524 g/mol. The highest BCUT2D eigenvalue weighted by Gasteiger charge is 2.52. The molecule has 2 aromatic rings. The monoisotopic (exact) mass is 556 g/mol. The minimum atomic E-state index is -2.39. The Balaban J connectivity index is 1.87. The van der Waals surface area contributed by atoms with Crippen LogP contribution in [0, 0.1) is 0 Å². The van der Waals surface area contributed by atoms with E-state index in [1.807, 2.05) is 30.3 Å². The van der Waals surface area contributed by atoms with E-state index in [0.717, 1.165) is 15.6 Å². The molecule has 2 atom stereocenters. The van der Waals surface area contributed by atoms with E-state index in [4.69, 9.17) is 9.16 Å². The zero-order valence-electron chi connectivity index (χ0n) is 21.2. The number of amides is 1. The normalized spacial score (nSPS) is 22.3. The van der Waals surface area contributed by atoms with E-state index in [9.17, 15) is 9.59 Å². The zero-order valence-corrected chi connectivity index (χ0v) is 23.8. The van der Waals surface area contributed by atoms with Crippen LogP contribution in [0.4, 0.5) is 0 Å². The van der Waals surface area contributed by atoms with Gasteiger partial charge in [0.2, 0.25) is 11.7 Å². The lowest BCUT2D eigenvalue weighted by Crippen LogP contribution is -2.43. The van der Waals surface area contributed by atoms with Crippen molar-refractivity contribution < 1.29 is 18.8 Å². The van der Waals surface area contributed by atoms with Gasteiger partial charge in [0.15, 0.2) is 0 Å². The molecule has 0 aliphatic carbocycles. The molecule has 4 rings (SSSR count). The first-order valence-corrected chi connectivity index (χ1v) is 15.6. The fourth-order valence-corrected chi connectivity index (χ4v) is 5.71. The quantitative estimate of drug-likeness (QED) is 0.182. The van der Waals surface area contributed by atoms with Crippen LogP contribution in [-0.4, -0.2) is 37.3 Å². The van der Waals surface area contributed by atoms with Gasteiger partial charge >= 0.3 is 5.97 Å². The minimum Gasteiger partial charge on any atom is -0.537 e. The summed E-state index contributed by atoms with van der Waals surface area (Å²) in [6.45, 7) is 10.5. The number of methoxy groups -OCH3 is 1. The van der Waals surface area contributed by atoms with Gasteiger partial charge < -0.3 is 9.16 Å². The molecule has 2 aliphatic heterocycles. The summed E-state index contributed by atoms with van der Waals surface area (Å²) in [4.78, 5) is 26.6. The number of fused-ring (bicyclic) bond motifs is 1. The number of hydrazine groups is 1. The van der Waals surface area contributed by atoms with Gasteiger partial charge in [-0.05, 0) is 41.4 Å². The maximum absolute atomic E-state index is 13.5. The first kappa shape index (κ1) is 25.7. The Kier molecular flexibility index (Phi) is 7.01. The number of benzene rings is 2. The van der Waals surface area contributed by atoms with E-state index >= 15 is 0 Å². The Morgan fingerprint density at radius 2 is 1.54 bits per heavy atom. The maximum Gasteiger partial charge on any atom is 0.373 e. The molecule has 6 nitrogen and oxygen atoms in total. The van der Waals surface area contributed by atoms with Gasteiger partial charge in [-0.3, -0.25) is 4.79 Å². The molecule has 2 heterocycles. The molecule has 35 heavy (non-hydrogen) atoms. The third-order valence-corrected chi connectivity index (χ3v) is 12.2. The Labute approximate surface area is 217 Å². The molecule has 2 aromatic carbocycles. The van der Waals surface area contributed by atoms with Crippen molar-refractivity contribution in [2.24, 2.45) is 0 Å². The number of ether oxygens (including phenoxy) is 1. The lowest BCUT2D eigenvalue weighted by Gasteiger charge is -2.37. The van der Waals surface area contributed by atoms with Crippen molar-refractivity contribution in [3.63, 3.8) is 0 Å². The highest BCUT2D eigenvalue weighted by Crippen LogP contribution is 2.51. The summed E-state index contributed by atoms with van der Waals surface area (Å²) in [6.07, 6.45) is 0.796. The Bertz CT molecular complexity index is 1140. The van der Waals surface area contributed by atoms with Crippen LogP contribution in [0.25, 0.3) is 0 Å². The minimum absolute atomic E-state index is 0.0475. The Morgan fingerprint density at radius 1 is 0.971 bits per heavy atom. The third-order valence-electron chi connectivity index (χ3n) is 7.35. The fraction of sp³-hybridized carbons (Fsp3) is 0.407. The SMILES string of the molecule is COC(=O)/C(O[Si](C)(C)C(C)(C)C)=C1/C[C@@H](c2ccc(Br)cc2)N2[C@@H](c3ccccc3)CC(=O)N12. The van der Waals surface area contributed by atoms with Crippen molar-refractivity contribution >= 4 is 36.1 Å². The average molecular weight is 558 g/mol. The molecule has 0 unspecified atom stereocenters. The van der Waals surface area contributed by atoms with E-state index in [0.29, 0.717) is 18.5 Å². The van der Waals surface area contributed by atoms with Crippen LogP contribution in [0.5, 0.6) is 0 Å². The molecular formula is C27H33BrN2O4Si. The van der Waals surface area contributed by atoms with Crippen molar-refractivity contribution in [1.29, 1.82) is 0 Å². The molecule has 0 N–H and O–H groups in total. The number of nitrogens with zero attached hydrogens (tertiary/aromatic N) is 2. The van der Waals surface area contributed by atoms with Crippen LogP contribution in [0.15, 0.2) is 70.5 Å². The number of hydrogen-bond acceptors (Lipinski definition) is 5. The van der Waals surface area contributed by atoms with Crippen LogP contribution >= 0.6 is 15.9 Å². The number of esters is 1. The molecule has 0 radical (unpaired) electrons. The summed E-state index contributed by atoms with van der Waals surface area (Å²) in [5.41, 5.74) is 2.72. The number of carbonyl (C=O) groups excluding carboxylic acids is 2. The molecule has 8 heteroatoms. The van der Waals surface area contributed by atoms with Crippen molar-refractivity contribution in [3.8, 4) is 0 Å². The van der Waals surface area contributed by atoms with Crippen LogP contribution < -0.4 is 0 Å². The highest BCUT2D eigenvalue weighted by atomic mass is 79.9. The van der Waals surface area contributed by atoms with E-state index in [1.165, 1.54) is 7.11 Å². The predicted molar refractivity (Wildman–Crippen MR) is 141 cm³/mol. The van der Waals surface area contributed by atoms with Gasteiger partial charge in [0, 0.05) is 10.9 Å². The largest absolute Gasteiger partial charge is 0.537 e. The summed E-state index contributed by atoms with van der Waals surface area (Å²) in [5, 5.41) is 3.68. The van der Waals surface area contributed by atoms with Crippen LogP contribution in [-0.2, 0) is 18.8 Å². The van der Waals surface area contributed by atoms with Gasteiger partial charge in [-0.1, -0.05) is 79.2 Å². The molecule has 2 fully saturated rings. The fourth-order valence-electron chi connectivity index (χ4n) is 4.43. The second-order valence-corrected chi connectivity index (χ2v) is 16.3. The molecule has 186 valence electrons. The highest BCUT2D eigenvalue weighted by molar-refractivity contribution is 9.10. The van der Waals surface area contributed by atoms with Gasteiger partial charge in [-0.2, -0.15) is 5.01 Å². The molecule has 0 spiro atoms. The number of rotatable bonds is 5. The predicted octanol–water partition coefficient (Wildman–Crippen LogP) is 6.49. The third kappa shape index (κ3) is 4.84. The van der Waals surface area contributed by atoms with Gasteiger partial charge in [-0.15, -0.1) is 0 Å². The Morgan fingerprint density at radius 3 is 2.11 bits per heavy atom. The number of hydrogen-bond donors (Lipinski definition) is 0. The number of carbonyl (C=O) groups is 2. The summed E-state index contributed by atoms with van der Waals surface area (Å²) in [7, 11) is -1.04. The molecule has 2 saturated heterocycles. The van der Waals surface area contributed by atoms with Gasteiger partial charge in [0.25, 0.3) is 8.32 Å². The van der Waals surface area contributed by atoms with Crippen LogP contribution in [0.1, 0.15) is 56.8 Å². The van der Waals surface area contributed by atoms with E-state index < -0.39 is 14.3 Å². The van der Waals surface area contributed by atoms with Crippen LogP contribution in [0.2, 0.25) is 18.1 Å². The van der Waals surface area contributed by atoms with E-state index in [-0.39, 0.29) is 28.8 Å². The van der Waals surface area contributed by atoms with Gasteiger partial charge in [0.05, 0.1) is 31.3 Å². The topological polar surface area (TPSA) is 59.1 Å². The second-order valence-electron chi connectivity index (χ2n) is 10.6. The summed E-state index contributed by atoms with van der Waals surface area (Å²) in [5.74, 6) is -0.434. The Hall–Kier alpha value is -2.42.